The Morgan fingerprint density at radius 1 is 1.17 bits per heavy atom. The summed E-state index contributed by atoms with van der Waals surface area (Å²) < 4.78 is 26.3. The summed E-state index contributed by atoms with van der Waals surface area (Å²) >= 11 is 5.52. The van der Waals surface area contributed by atoms with Crippen molar-refractivity contribution in [2.75, 3.05) is 6.61 Å². The molecular formula is C29H34FNO4S. The Morgan fingerprint density at radius 2 is 1.81 bits per heavy atom. The van der Waals surface area contributed by atoms with Crippen LogP contribution in [0.15, 0.2) is 36.4 Å². The van der Waals surface area contributed by atoms with Gasteiger partial charge in [-0.15, -0.1) is 0 Å². The highest BCUT2D eigenvalue weighted by Crippen LogP contribution is 2.49. The van der Waals surface area contributed by atoms with Gasteiger partial charge in [0.1, 0.15) is 5.82 Å². The summed E-state index contributed by atoms with van der Waals surface area (Å²) in [5.41, 5.74) is 2.52. The molecule has 0 radical (unpaired) electrons. The SMILES string of the molecule is CCOC(=O)C1N(C(=O)c2ccccc2F)C(=S)OC1(C)c1cc(C(C)(C)C)cc2c1CCC2(C)C. The van der Waals surface area contributed by atoms with E-state index < -0.39 is 29.3 Å². The quantitative estimate of drug-likeness (QED) is 0.375. The molecule has 2 atom stereocenters. The Hall–Kier alpha value is -2.80. The van der Waals surface area contributed by atoms with Gasteiger partial charge in [-0.2, -0.15) is 0 Å². The third-order valence-electron chi connectivity index (χ3n) is 7.49. The fraction of sp³-hybridized carbons (Fsp3) is 0.483. The number of carbonyl (C=O) groups is 2. The molecule has 2 aromatic carbocycles. The first-order valence-corrected chi connectivity index (χ1v) is 12.8. The molecule has 4 rings (SSSR count). The zero-order chi connectivity index (χ0) is 26.6. The van der Waals surface area contributed by atoms with Gasteiger partial charge < -0.3 is 9.47 Å². The number of benzene rings is 2. The highest BCUT2D eigenvalue weighted by molar-refractivity contribution is 7.80. The molecular weight excluding hydrogens is 477 g/mol. The van der Waals surface area contributed by atoms with E-state index in [9.17, 15) is 14.0 Å². The molecule has 0 saturated carbocycles. The second-order valence-electron chi connectivity index (χ2n) is 11.5. The van der Waals surface area contributed by atoms with Crippen molar-refractivity contribution in [1.82, 2.24) is 4.90 Å². The summed E-state index contributed by atoms with van der Waals surface area (Å²) in [7, 11) is 0. The number of hydrogen-bond donors (Lipinski definition) is 0. The van der Waals surface area contributed by atoms with Crippen LogP contribution in [0.3, 0.4) is 0 Å². The molecule has 2 unspecified atom stereocenters. The van der Waals surface area contributed by atoms with Crippen LogP contribution in [-0.4, -0.2) is 34.6 Å². The maximum Gasteiger partial charge on any atom is 0.333 e. The van der Waals surface area contributed by atoms with E-state index in [0.717, 1.165) is 34.4 Å². The Morgan fingerprint density at radius 3 is 2.42 bits per heavy atom. The Labute approximate surface area is 218 Å². The number of halogens is 1. The average molecular weight is 512 g/mol. The van der Waals surface area contributed by atoms with Crippen molar-refractivity contribution >= 4 is 29.3 Å². The maximum atomic E-state index is 14.6. The summed E-state index contributed by atoms with van der Waals surface area (Å²) in [5, 5.41) is -0.170. The Kier molecular flexibility index (Phi) is 6.53. The van der Waals surface area contributed by atoms with Crippen molar-refractivity contribution in [3.05, 3.63) is 70.0 Å². The zero-order valence-corrected chi connectivity index (χ0v) is 22.8. The second-order valence-corrected chi connectivity index (χ2v) is 11.8. The predicted octanol–water partition coefficient (Wildman–Crippen LogP) is 5.95. The van der Waals surface area contributed by atoms with Gasteiger partial charge in [-0.3, -0.25) is 4.79 Å². The fourth-order valence-electron chi connectivity index (χ4n) is 5.35. The van der Waals surface area contributed by atoms with Gasteiger partial charge in [0.05, 0.1) is 12.2 Å². The minimum absolute atomic E-state index is 0.0527. The number of thiocarbonyl (C=S) groups is 1. The number of amides is 1. The van der Waals surface area contributed by atoms with Crippen LogP contribution in [0.1, 0.15) is 87.5 Å². The van der Waals surface area contributed by atoms with Crippen LogP contribution >= 0.6 is 12.2 Å². The fourth-order valence-corrected chi connectivity index (χ4v) is 5.71. The number of carbonyl (C=O) groups excluding carboxylic acids is 2. The monoisotopic (exact) mass is 511 g/mol. The molecule has 0 N–H and O–H groups in total. The topological polar surface area (TPSA) is 55.8 Å². The zero-order valence-electron chi connectivity index (χ0n) is 22.0. The number of esters is 1. The van der Waals surface area contributed by atoms with Crippen molar-refractivity contribution < 1.29 is 23.5 Å². The largest absolute Gasteiger partial charge is 0.464 e. The normalized spacial score (nSPS) is 22.8. The van der Waals surface area contributed by atoms with Gasteiger partial charge in [-0.1, -0.05) is 58.9 Å². The highest BCUT2D eigenvalue weighted by atomic mass is 32.1. The number of ether oxygens (including phenoxy) is 2. The van der Waals surface area contributed by atoms with E-state index >= 15 is 0 Å². The molecule has 1 amide bonds. The van der Waals surface area contributed by atoms with E-state index in [1.165, 1.54) is 23.8 Å². The molecule has 1 aliphatic carbocycles. The van der Waals surface area contributed by atoms with Crippen LogP contribution in [0.2, 0.25) is 0 Å². The lowest BCUT2D eigenvalue weighted by atomic mass is 9.76. The molecule has 2 aromatic rings. The number of rotatable bonds is 4. The summed E-state index contributed by atoms with van der Waals surface area (Å²) in [5.74, 6) is -2.07. The van der Waals surface area contributed by atoms with Crippen molar-refractivity contribution in [1.29, 1.82) is 0 Å². The van der Waals surface area contributed by atoms with Crippen LogP contribution in [0.4, 0.5) is 4.39 Å². The third kappa shape index (κ3) is 4.21. The van der Waals surface area contributed by atoms with Crippen molar-refractivity contribution in [3.8, 4) is 0 Å². The van der Waals surface area contributed by atoms with Gasteiger partial charge in [-0.25, -0.2) is 14.1 Å². The molecule has 192 valence electrons. The van der Waals surface area contributed by atoms with E-state index in [0.29, 0.717) is 0 Å². The van der Waals surface area contributed by atoms with Crippen LogP contribution < -0.4 is 0 Å². The second kappa shape index (κ2) is 8.94. The van der Waals surface area contributed by atoms with E-state index in [4.69, 9.17) is 21.7 Å². The lowest BCUT2D eigenvalue weighted by Gasteiger charge is -2.34. The molecule has 0 aromatic heterocycles. The van der Waals surface area contributed by atoms with Crippen LogP contribution in [0.25, 0.3) is 0 Å². The molecule has 5 nitrogen and oxygen atoms in total. The highest BCUT2D eigenvalue weighted by Gasteiger charge is 2.59. The molecule has 0 spiro atoms. The van der Waals surface area contributed by atoms with Gasteiger partial charge >= 0.3 is 5.97 Å². The molecule has 1 saturated heterocycles. The maximum absolute atomic E-state index is 14.6. The first-order valence-electron chi connectivity index (χ1n) is 12.4. The van der Waals surface area contributed by atoms with Crippen molar-refractivity contribution in [2.45, 2.75) is 83.8 Å². The van der Waals surface area contributed by atoms with Crippen LogP contribution in [-0.2, 0) is 37.1 Å². The molecule has 1 fully saturated rings. The van der Waals surface area contributed by atoms with Crippen molar-refractivity contribution in [3.63, 3.8) is 0 Å². The van der Waals surface area contributed by atoms with E-state index in [1.807, 2.05) is 0 Å². The van der Waals surface area contributed by atoms with E-state index in [1.54, 1.807) is 19.9 Å². The molecule has 0 bridgehead atoms. The summed E-state index contributed by atoms with van der Waals surface area (Å²) in [4.78, 5) is 28.1. The number of hydrogen-bond acceptors (Lipinski definition) is 5. The molecule has 7 heteroatoms. The summed E-state index contributed by atoms with van der Waals surface area (Å²) in [6, 6.07) is 8.76. The van der Waals surface area contributed by atoms with E-state index in [-0.39, 0.29) is 28.2 Å². The van der Waals surface area contributed by atoms with Gasteiger partial charge in [0, 0.05) is 5.56 Å². The summed E-state index contributed by atoms with van der Waals surface area (Å²) in [6.07, 6.45) is 1.76. The first kappa shape index (κ1) is 26.3. The van der Waals surface area contributed by atoms with Crippen molar-refractivity contribution in [2.24, 2.45) is 0 Å². The summed E-state index contributed by atoms with van der Waals surface area (Å²) in [6.45, 7) is 14.4. The van der Waals surface area contributed by atoms with Gasteiger partial charge in [0.2, 0.25) is 0 Å². The lowest BCUT2D eigenvalue weighted by molar-refractivity contribution is -0.151. The van der Waals surface area contributed by atoms with Gasteiger partial charge in [0.15, 0.2) is 11.6 Å². The Balaban J connectivity index is 1.94. The predicted molar refractivity (Wildman–Crippen MR) is 141 cm³/mol. The number of nitrogens with zero attached hydrogens (tertiary/aromatic N) is 1. The molecule has 36 heavy (non-hydrogen) atoms. The third-order valence-corrected chi connectivity index (χ3v) is 7.77. The average Bonchev–Trinajstić information content (AvgIpc) is 3.25. The van der Waals surface area contributed by atoms with Gasteiger partial charge in [0.25, 0.3) is 11.1 Å². The smallest absolute Gasteiger partial charge is 0.333 e. The van der Waals surface area contributed by atoms with Gasteiger partial charge in [-0.05, 0) is 78.6 Å². The van der Waals surface area contributed by atoms with Crippen LogP contribution in [0.5, 0.6) is 0 Å². The number of fused-ring (bicyclic) bond motifs is 1. The van der Waals surface area contributed by atoms with E-state index in [2.05, 4.69) is 46.8 Å². The molecule has 1 heterocycles. The first-order chi connectivity index (χ1) is 16.7. The minimum atomic E-state index is -1.31. The Bertz CT molecular complexity index is 1250. The standard InChI is InChI=1S/C29H34FNO4S/c1-8-34-25(33)23-29(7,35-26(36)31(23)24(32)19-11-9-10-12-22(19)30)21-16-17(27(2,3)4)15-20-18(21)13-14-28(20,5)6/h9-12,15-16,23H,8,13-14H2,1-7H3. The lowest BCUT2D eigenvalue weighted by Crippen LogP contribution is -2.51. The minimum Gasteiger partial charge on any atom is -0.464 e. The molecule has 2 aliphatic rings. The molecule has 1 aliphatic heterocycles. The van der Waals surface area contributed by atoms with Crippen LogP contribution in [0, 0.1) is 5.82 Å².